The van der Waals surface area contributed by atoms with Crippen LogP contribution in [0.1, 0.15) is 82.7 Å². The van der Waals surface area contributed by atoms with Crippen LogP contribution in [0, 0.1) is 11.8 Å². The summed E-state index contributed by atoms with van der Waals surface area (Å²) in [5, 5.41) is 9.34. The highest BCUT2D eigenvalue weighted by Crippen LogP contribution is 2.36. The van der Waals surface area contributed by atoms with Gasteiger partial charge in [-0.15, -0.1) is 0 Å². The maximum absolute atomic E-state index is 12.5. The van der Waals surface area contributed by atoms with Crippen LogP contribution in [0.2, 0.25) is 0 Å². The first-order valence-electron chi connectivity index (χ1n) is 12.3. The summed E-state index contributed by atoms with van der Waals surface area (Å²) in [6, 6.07) is -0.0312. The molecular weight excluding hydrogens is 438 g/mol. The first-order valence-corrected chi connectivity index (χ1v) is 12.3. The zero-order valence-electron chi connectivity index (χ0n) is 20.2. The van der Waals surface area contributed by atoms with E-state index in [1.807, 2.05) is 19.9 Å². The quantitative estimate of drug-likeness (QED) is 0.600. The first-order chi connectivity index (χ1) is 16.3. The van der Waals surface area contributed by atoms with Crippen molar-refractivity contribution in [3.63, 3.8) is 0 Å². The zero-order chi connectivity index (χ0) is 24.2. The molecule has 3 aliphatic rings. The number of dihydropyridines is 1. The van der Waals surface area contributed by atoms with Crippen LogP contribution in [-0.4, -0.2) is 52.0 Å². The lowest BCUT2D eigenvalue weighted by Crippen LogP contribution is -2.35. The van der Waals surface area contributed by atoms with Crippen LogP contribution in [0.4, 0.5) is 4.79 Å². The van der Waals surface area contributed by atoms with E-state index < -0.39 is 5.97 Å². The van der Waals surface area contributed by atoms with Gasteiger partial charge in [-0.3, -0.25) is 9.79 Å². The minimum Gasteiger partial charge on any atom is -0.489 e. The van der Waals surface area contributed by atoms with Crippen LogP contribution < -0.4 is 0 Å². The molecule has 9 nitrogen and oxygen atoms in total. The Labute approximate surface area is 200 Å². The number of nitrogens with zero attached hydrogens (tertiary/aromatic N) is 3. The Hall–Kier alpha value is -2.84. The summed E-state index contributed by atoms with van der Waals surface area (Å²) in [5.74, 6) is 0.0839. The molecule has 2 unspecified atom stereocenters. The van der Waals surface area contributed by atoms with Crippen molar-refractivity contribution in [3.8, 4) is 0 Å². The van der Waals surface area contributed by atoms with Gasteiger partial charge >= 0.3 is 12.1 Å². The smallest absolute Gasteiger partial charge is 0.410 e. The van der Waals surface area contributed by atoms with E-state index >= 15 is 0 Å². The third-order valence-corrected chi connectivity index (χ3v) is 7.31. The molecule has 1 aromatic rings. The highest BCUT2D eigenvalue weighted by atomic mass is 16.6. The van der Waals surface area contributed by atoms with Crippen molar-refractivity contribution in [2.75, 3.05) is 7.05 Å². The van der Waals surface area contributed by atoms with Crippen molar-refractivity contribution in [3.05, 3.63) is 29.7 Å². The molecule has 2 fully saturated rings. The number of ether oxygens (including phenoxy) is 2. The van der Waals surface area contributed by atoms with Crippen LogP contribution in [0.3, 0.4) is 0 Å². The van der Waals surface area contributed by atoms with Gasteiger partial charge in [0.25, 0.3) is 0 Å². The predicted octanol–water partition coefficient (Wildman–Crippen LogP) is 4.88. The number of aromatic nitrogens is 1. The second kappa shape index (κ2) is 10.6. The lowest BCUT2D eigenvalue weighted by Gasteiger charge is -2.31. The van der Waals surface area contributed by atoms with Gasteiger partial charge in [-0.1, -0.05) is 19.8 Å². The Balaban J connectivity index is 1.37. The summed E-state index contributed by atoms with van der Waals surface area (Å²) in [7, 11) is 1.79. The molecule has 186 valence electrons. The highest BCUT2D eigenvalue weighted by Gasteiger charge is 2.33. The van der Waals surface area contributed by atoms with Crippen molar-refractivity contribution in [1.82, 2.24) is 9.88 Å². The number of hydrogen-bond donors (Lipinski definition) is 1. The third-order valence-electron chi connectivity index (χ3n) is 7.31. The fourth-order valence-corrected chi connectivity index (χ4v) is 5.23. The van der Waals surface area contributed by atoms with E-state index in [-0.39, 0.29) is 42.7 Å². The Morgan fingerprint density at radius 2 is 1.97 bits per heavy atom. The summed E-state index contributed by atoms with van der Waals surface area (Å²) in [6.45, 7) is 3.93. The van der Waals surface area contributed by atoms with Gasteiger partial charge in [0.15, 0.2) is 18.8 Å². The third kappa shape index (κ3) is 5.45. The molecule has 0 saturated heterocycles. The first kappa shape index (κ1) is 24.3. The summed E-state index contributed by atoms with van der Waals surface area (Å²) in [6.07, 6.45) is 10.2. The Morgan fingerprint density at radius 3 is 2.71 bits per heavy atom. The molecule has 9 heteroatoms. The number of oxazole rings is 1. The number of carboxylic acid groups (broad SMARTS) is 1. The monoisotopic (exact) mass is 473 g/mol. The van der Waals surface area contributed by atoms with Gasteiger partial charge in [-0.25, -0.2) is 9.78 Å². The molecule has 2 heterocycles. The van der Waals surface area contributed by atoms with E-state index in [1.165, 1.54) is 6.39 Å². The molecule has 1 N–H and O–H groups in total. The molecule has 1 aromatic heterocycles. The SMILES string of the molecule is CC1=NC(c2ncoc2COC(=O)N(C)C2CCCC2)C(C)C=C1O[C@H]1CCC[C@H](C(=O)O)C1. The van der Waals surface area contributed by atoms with E-state index in [2.05, 4.69) is 4.98 Å². The van der Waals surface area contributed by atoms with E-state index in [0.717, 1.165) is 44.2 Å². The number of aliphatic imine (C=N–C) groups is 1. The second-order valence-corrected chi connectivity index (χ2v) is 9.76. The molecule has 0 bridgehead atoms. The van der Waals surface area contributed by atoms with Crippen molar-refractivity contribution >= 4 is 17.8 Å². The van der Waals surface area contributed by atoms with Gasteiger partial charge in [-0.2, -0.15) is 0 Å². The van der Waals surface area contributed by atoms with Gasteiger partial charge in [0.05, 0.1) is 17.7 Å². The fourth-order valence-electron chi connectivity index (χ4n) is 5.23. The maximum Gasteiger partial charge on any atom is 0.410 e. The molecule has 4 atom stereocenters. The number of allylic oxidation sites excluding steroid dienone is 1. The molecule has 2 saturated carbocycles. The van der Waals surface area contributed by atoms with Gasteiger partial charge in [0.1, 0.15) is 17.5 Å². The van der Waals surface area contributed by atoms with Crippen molar-refractivity contribution < 1.29 is 28.6 Å². The standard InChI is InChI=1S/C25H35N3O6/c1-15-11-20(34-19-10-6-7-17(12-19)24(29)30)16(2)27-22(15)23-21(33-14-26-23)13-32-25(31)28(3)18-8-4-5-9-18/h11,14-15,17-19,22H,4-10,12-13H2,1-3H3,(H,29,30)/t15?,17-,19-,22?/m0/s1. The van der Waals surface area contributed by atoms with Crippen LogP contribution in [0.5, 0.6) is 0 Å². The largest absolute Gasteiger partial charge is 0.489 e. The minimum absolute atomic E-state index is 0.00867. The zero-order valence-corrected chi connectivity index (χ0v) is 20.2. The van der Waals surface area contributed by atoms with Crippen LogP contribution >= 0.6 is 0 Å². The second-order valence-electron chi connectivity index (χ2n) is 9.76. The molecule has 1 aliphatic heterocycles. The number of carbonyl (C=O) groups is 2. The molecule has 4 rings (SSSR count). The number of carboxylic acids is 1. The van der Waals surface area contributed by atoms with Crippen molar-refractivity contribution in [2.45, 2.75) is 90.0 Å². The number of amides is 1. The molecule has 2 aliphatic carbocycles. The van der Waals surface area contributed by atoms with Crippen LogP contribution in [0.25, 0.3) is 0 Å². The van der Waals surface area contributed by atoms with Crippen LogP contribution in [0.15, 0.2) is 27.6 Å². The Morgan fingerprint density at radius 1 is 1.21 bits per heavy atom. The van der Waals surface area contributed by atoms with Gasteiger partial charge in [0, 0.05) is 19.0 Å². The lowest BCUT2D eigenvalue weighted by atomic mass is 9.87. The normalized spacial score (nSPS) is 27.6. The minimum atomic E-state index is -0.751. The van der Waals surface area contributed by atoms with Crippen molar-refractivity contribution in [1.29, 1.82) is 0 Å². The van der Waals surface area contributed by atoms with E-state index in [9.17, 15) is 14.7 Å². The Bertz CT molecular complexity index is 948. The molecule has 0 aromatic carbocycles. The van der Waals surface area contributed by atoms with Gasteiger partial charge in [-0.05, 0) is 51.5 Å². The molecule has 1 amide bonds. The van der Waals surface area contributed by atoms with E-state index in [0.29, 0.717) is 30.1 Å². The summed E-state index contributed by atoms with van der Waals surface area (Å²) < 4.78 is 17.3. The number of hydrogen-bond acceptors (Lipinski definition) is 7. The van der Waals surface area contributed by atoms with Crippen molar-refractivity contribution in [2.24, 2.45) is 16.8 Å². The summed E-state index contributed by atoms with van der Waals surface area (Å²) in [5.41, 5.74) is 1.40. The number of aliphatic carboxylic acids is 1. The Kier molecular flexibility index (Phi) is 7.58. The van der Waals surface area contributed by atoms with Gasteiger partial charge < -0.3 is 23.9 Å². The highest BCUT2D eigenvalue weighted by molar-refractivity contribution is 5.97. The van der Waals surface area contributed by atoms with E-state index in [4.69, 9.17) is 18.9 Å². The average molecular weight is 474 g/mol. The molecule has 0 radical (unpaired) electrons. The van der Waals surface area contributed by atoms with Gasteiger partial charge in [0.2, 0.25) is 0 Å². The predicted molar refractivity (Wildman–Crippen MR) is 124 cm³/mol. The molecule has 0 spiro atoms. The fraction of sp³-hybridized carbons (Fsp3) is 0.680. The number of carbonyl (C=O) groups excluding carboxylic acids is 1. The maximum atomic E-state index is 12.5. The molecular formula is C25H35N3O6. The summed E-state index contributed by atoms with van der Waals surface area (Å²) in [4.78, 5) is 34.7. The average Bonchev–Trinajstić information content (AvgIpc) is 3.51. The van der Waals surface area contributed by atoms with Crippen LogP contribution in [-0.2, 0) is 20.9 Å². The van der Waals surface area contributed by atoms with E-state index in [1.54, 1.807) is 11.9 Å². The summed E-state index contributed by atoms with van der Waals surface area (Å²) >= 11 is 0. The molecule has 34 heavy (non-hydrogen) atoms. The lowest BCUT2D eigenvalue weighted by molar-refractivity contribution is -0.144. The topological polar surface area (TPSA) is 114 Å². The number of rotatable bonds is 7.